The van der Waals surface area contributed by atoms with Crippen molar-refractivity contribution in [1.29, 1.82) is 0 Å². The Hall–Kier alpha value is -1.62. The average Bonchev–Trinajstić information content (AvgIpc) is 2.79. The van der Waals surface area contributed by atoms with Crippen LogP contribution in [-0.4, -0.2) is 20.7 Å². The standard InChI is InChI=1S/C15H22N4O/c1-2-18-12(7-4-8-16)9-15(20)19-14(18)10-13(17-19)11-5-3-6-11/h9-11H,2-8,16H2,1H3. The average molecular weight is 274 g/mol. The molecular weight excluding hydrogens is 252 g/mol. The number of rotatable bonds is 5. The van der Waals surface area contributed by atoms with Crippen molar-refractivity contribution in [3.63, 3.8) is 0 Å². The van der Waals surface area contributed by atoms with E-state index >= 15 is 0 Å². The summed E-state index contributed by atoms with van der Waals surface area (Å²) in [6.07, 6.45) is 5.42. The van der Waals surface area contributed by atoms with E-state index in [0.29, 0.717) is 12.5 Å². The maximum absolute atomic E-state index is 12.2. The maximum atomic E-state index is 12.2. The molecule has 1 fully saturated rings. The molecule has 0 radical (unpaired) electrons. The molecule has 0 amide bonds. The van der Waals surface area contributed by atoms with Gasteiger partial charge in [0.2, 0.25) is 0 Å². The fourth-order valence-corrected chi connectivity index (χ4v) is 2.93. The minimum atomic E-state index is -0.0257. The van der Waals surface area contributed by atoms with Crippen LogP contribution in [0.4, 0.5) is 0 Å². The van der Waals surface area contributed by atoms with E-state index in [4.69, 9.17) is 5.73 Å². The number of aromatic nitrogens is 3. The molecule has 5 heteroatoms. The highest BCUT2D eigenvalue weighted by Crippen LogP contribution is 2.35. The van der Waals surface area contributed by atoms with Gasteiger partial charge in [0.15, 0.2) is 0 Å². The Morgan fingerprint density at radius 3 is 2.80 bits per heavy atom. The van der Waals surface area contributed by atoms with E-state index in [-0.39, 0.29) is 5.56 Å². The van der Waals surface area contributed by atoms with Crippen LogP contribution in [0.25, 0.3) is 5.65 Å². The van der Waals surface area contributed by atoms with Crippen LogP contribution in [0.3, 0.4) is 0 Å². The second-order valence-corrected chi connectivity index (χ2v) is 5.58. The fraction of sp³-hybridized carbons (Fsp3) is 0.600. The summed E-state index contributed by atoms with van der Waals surface area (Å²) in [5.74, 6) is 0.548. The van der Waals surface area contributed by atoms with Crippen LogP contribution in [0, 0.1) is 0 Å². The summed E-state index contributed by atoms with van der Waals surface area (Å²) in [5, 5.41) is 4.52. The predicted octanol–water partition coefficient (Wildman–Crippen LogP) is 1.67. The van der Waals surface area contributed by atoms with Crippen LogP contribution >= 0.6 is 0 Å². The van der Waals surface area contributed by atoms with Gasteiger partial charge in [-0.25, -0.2) is 0 Å². The fourth-order valence-electron chi connectivity index (χ4n) is 2.93. The molecule has 5 nitrogen and oxygen atoms in total. The Morgan fingerprint density at radius 2 is 2.20 bits per heavy atom. The summed E-state index contributed by atoms with van der Waals surface area (Å²) in [6.45, 7) is 3.60. The molecule has 0 unspecified atom stereocenters. The van der Waals surface area contributed by atoms with Crippen LogP contribution in [-0.2, 0) is 13.0 Å². The molecule has 2 aromatic heterocycles. The molecule has 0 aliphatic heterocycles. The van der Waals surface area contributed by atoms with E-state index in [1.807, 2.05) is 0 Å². The Balaban J connectivity index is 2.10. The molecule has 2 aromatic rings. The Bertz CT molecular complexity index is 666. The van der Waals surface area contributed by atoms with Crippen molar-refractivity contribution >= 4 is 5.65 Å². The lowest BCUT2D eigenvalue weighted by Crippen LogP contribution is -2.21. The van der Waals surface area contributed by atoms with Gasteiger partial charge in [-0.2, -0.15) is 9.61 Å². The summed E-state index contributed by atoms with van der Waals surface area (Å²) >= 11 is 0. The van der Waals surface area contributed by atoms with Crippen molar-refractivity contribution in [2.45, 2.75) is 51.5 Å². The minimum Gasteiger partial charge on any atom is -0.330 e. The highest BCUT2D eigenvalue weighted by atomic mass is 16.1. The summed E-state index contributed by atoms with van der Waals surface area (Å²) in [7, 11) is 0. The number of aryl methyl sites for hydroxylation is 2. The van der Waals surface area contributed by atoms with Crippen molar-refractivity contribution in [3.8, 4) is 0 Å². The van der Waals surface area contributed by atoms with Gasteiger partial charge in [-0.15, -0.1) is 0 Å². The summed E-state index contributed by atoms with van der Waals surface area (Å²) < 4.78 is 3.75. The number of hydrogen-bond donors (Lipinski definition) is 1. The summed E-state index contributed by atoms with van der Waals surface area (Å²) in [6, 6.07) is 3.81. The second-order valence-electron chi connectivity index (χ2n) is 5.58. The van der Waals surface area contributed by atoms with E-state index in [1.165, 1.54) is 19.3 Å². The van der Waals surface area contributed by atoms with Gasteiger partial charge in [-0.05, 0) is 39.2 Å². The lowest BCUT2D eigenvalue weighted by Gasteiger charge is -2.22. The molecule has 0 aromatic carbocycles. The largest absolute Gasteiger partial charge is 0.330 e. The lowest BCUT2D eigenvalue weighted by molar-refractivity contribution is 0.409. The highest BCUT2D eigenvalue weighted by Gasteiger charge is 2.23. The quantitative estimate of drug-likeness (QED) is 0.902. The normalized spacial score (nSPS) is 15.7. The van der Waals surface area contributed by atoms with Gasteiger partial charge in [0, 0.05) is 30.3 Å². The number of fused-ring (bicyclic) bond motifs is 1. The monoisotopic (exact) mass is 274 g/mol. The minimum absolute atomic E-state index is 0.0257. The second kappa shape index (κ2) is 5.40. The molecule has 1 aliphatic carbocycles. The number of hydrogen-bond acceptors (Lipinski definition) is 3. The van der Waals surface area contributed by atoms with E-state index in [2.05, 4.69) is 22.7 Å². The molecule has 1 aliphatic rings. The zero-order valence-corrected chi connectivity index (χ0v) is 12.0. The third-order valence-corrected chi connectivity index (χ3v) is 4.31. The third-order valence-electron chi connectivity index (χ3n) is 4.31. The van der Waals surface area contributed by atoms with E-state index in [1.54, 1.807) is 10.6 Å². The van der Waals surface area contributed by atoms with Crippen molar-refractivity contribution in [2.24, 2.45) is 5.73 Å². The number of nitrogens with zero attached hydrogens (tertiary/aromatic N) is 3. The molecule has 0 bridgehead atoms. The third kappa shape index (κ3) is 2.16. The van der Waals surface area contributed by atoms with Gasteiger partial charge in [-0.1, -0.05) is 6.42 Å². The summed E-state index contributed by atoms with van der Waals surface area (Å²) in [5.41, 5.74) is 8.62. The van der Waals surface area contributed by atoms with Gasteiger partial charge in [0.05, 0.1) is 5.69 Å². The first-order chi connectivity index (χ1) is 9.74. The van der Waals surface area contributed by atoms with Gasteiger partial charge in [-0.3, -0.25) is 4.79 Å². The van der Waals surface area contributed by atoms with E-state index in [9.17, 15) is 4.79 Å². The molecule has 0 saturated heterocycles. The first-order valence-electron chi connectivity index (χ1n) is 7.57. The van der Waals surface area contributed by atoms with Crippen LogP contribution in [0.2, 0.25) is 0 Å². The van der Waals surface area contributed by atoms with Crippen molar-refractivity contribution in [2.75, 3.05) is 6.54 Å². The van der Waals surface area contributed by atoms with Crippen molar-refractivity contribution in [1.82, 2.24) is 14.2 Å². The van der Waals surface area contributed by atoms with Gasteiger partial charge in [0.1, 0.15) is 5.65 Å². The van der Waals surface area contributed by atoms with Gasteiger partial charge >= 0.3 is 0 Å². The molecular formula is C15H22N4O. The molecule has 3 rings (SSSR count). The zero-order chi connectivity index (χ0) is 14.1. The highest BCUT2D eigenvalue weighted by molar-refractivity contribution is 5.43. The van der Waals surface area contributed by atoms with E-state index < -0.39 is 0 Å². The Kier molecular flexibility index (Phi) is 3.61. The van der Waals surface area contributed by atoms with Crippen LogP contribution < -0.4 is 11.3 Å². The topological polar surface area (TPSA) is 65.3 Å². The van der Waals surface area contributed by atoms with E-state index in [0.717, 1.165) is 36.4 Å². The molecule has 0 atom stereocenters. The zero-order valence-electron chi connectivity index (χ0n) is 12.0. The van der Waals surface area contributed by atoms with Gasteiger partial charge in [0.25, 0.3) is 5.56 Å². The smallest absolute Gasteiger partial charge is 0.274 e. The predicted molar refractivity (Wildman–Crippen MR) is 79.1 cm³/mol. The van der Waals surface area contributed by atoms with Crippen molar-refractivity contribution < 1.29 is 0 Å². The molecule has 0 spiro atoms. The van der Waals surface area contributed by atoms with Crippen LogP contribution in [0.1, 0.15) is 49.9 Å². The van der Waals surface area contributed by atoms with Crippen LogP contribution in [0.15, 0.2) is 16.9 Å². The lowest BCUT2D eigenvalue weighted by atomic mass is 9.83. The first-order valence-corrected chi connectivity index (χ1v) is 7.57. The molecule has 1 saturated carbocycles. The molecule has 2 heterocycles. The Morgan fingerprint density at radius 1 is 1.40 bits per heavy atom. The first kappa shape index (κ1) is 13.4. The van der Waals surface area contributed by atoms with Crippen LogP contribution in [0.5, 0.6) is 0 Å². The SMILES string of the molecule is CCn1c(CCCN)cc(=O)n2nc(C3CCC3)cc12. The summed E-state index contributed by atoms with van der Waals surface area (Å²) in [4.78, 5) is 12.2. The molecule has 20 heavy (non-hydrogen) atoms. The number of nitrogens with two attached hydrogens (primary N) is 1. The Labute approximate surface area is 118 Å². The molecule has 2 N–H and O–H groups in total. The van der Waals surface area contributed by atoms with Crippen molar-refractivity contribution in [3.05, 3.63) is 33.9 Å². The maximum Gasteiger partial charge on any atom is 0.274 e. The van der Waals surface area contributed by atoms with Gasteiger partial charge < -0.3 is 10.3 Å². The molecule has 108 valence electrons.